The van der Waals surface area contributed by atoms with Crippen molar-refractivity contribution in [3.63, 3.8) is 0 Å². The SMILES string of the molecule is CCCCCCCCCCNC(=O)CC[C@H](NC(=O)CN)C(=O)NCCCCCCCCCC. The maximum Gasteiger partial charge on any atom is 0.242 e. The maximum atomic E-state index is 12.5. The number of unbranched alkanes of at least 4 members (excludes halogenated alkanes) is 14. The topological polar surface area (TPSA) is 113 Å². The molecule has 0 aromatic heterocycles. The van der Waals surface area contributed by atoms with E-state index >= 15 is 0 Å². The largest absolute Gasteiger partial charge is 0.356 e. The fourth-order valence-corrected chi connectivity index (χ4v) is 3.97. The van der Waals surface area contributed by atoms with Crippen LogP contribution in [0.1, 0.15) is 129 Å². The fraction of sp³-hybridized carbons (Fsp3) is 0.889. The molecule has 0 saturated carbocycles. The molecule has 7 nitrogen and oxygen atoms in total. The van der Waals surface area contributed by atoms with Gasteiger partial charge in [0.1, 0.15) is 6.04 Å². The Morgan fingerprint density at radius 1 is 0.618 bits per heavy atom. The second kappa shape index (κ2) is 24.5. The highest BCUT2D eigenvalue weighted by Gasteiger charge is 2.21. The van der Waals surface area contributed by atoms with Crippen LogP contribution in [0.4, 0.5) is 0 Å². The Balaban J connectivity index is 4.02. The average Bonchev–Trinajstić information content (AvgIpc) is 2.84. The fourth-order valence-electron chi connectivity index (χ4n) is 3.97. The van der Waals surface area contributed by atoms with Crippen LogP contribution in [0.2, 0.25) is 0 Å². The van der Waals surface area contributed by atoms with Crippen molar-refractivity contribution in [2.45, 2.75) is 135 Å². The van der Waals surface area contributed by atoms with Crippen molar-refractivity contribution in [2.24, 2.45) is 5.73 Å². The highest BCUT2D eigenvalue weighted by molar-refractivity contribution is 5.88. The van der Waals surface area contributed by atoms with Gasteiger partial charge in [-0.1, -0.05) is 104 Å². The molecule has 0 aliphatic rings. The average molecular weight is 483 g/mol. The predicted octanol–water partition coefficient (Wildman–Crippen LogP) is 4.72. The smallest absolute Gasteiger partial charge is 0.242 e. The molecule has 1 atom stereocenters. The highest BCUT2D eigenvalue weighted by Crippen LogP contribution is 2.09. The van der Waals surface area contributed by atoms with Crippen molar-refractivity contribution < 1.29 is 14.4 Å². The van der Waals surface area contributed by atoms with Gasteiger partial charge in [-0.15, -0.1) is 0 Å². The normalized spacial score (nSPS) is 11.7. The number of carbonyl (C=O) groups is 3. The van der Waals surface area contributed by atoms with Crippen molar-refractivity contribution in [3.05, 3.63) is 0 Å². The van der Waals surface area contributed by atoms with Gasteiger partial charge in [0.05, 0.1) is 6.54 Å². The number of hydrogen-bond acceptors (Lipinski definition) is 4. The number of nitrogens with two attached hydrogens (primary N) is 1. The van der Waals surface area contributed by atoms with E-state index in [1.807, 2.05) is 0 Å². The molecule has 34 heavy (non-hydrogen) atoms. The highest BCUT2D eigenvalue weighted by atomic mass is 16.2. The van der Waals surface area contributed by atoms with Gasteiger partial charge in [-0.05, 0) is 19.3 Å². The minimum Gasteiger partial charge on any atom is -0.356 e. The van der Waals surface area contributed by atoms with Gasteiger partial charge in [-0.3, -0.25) is 14.4 Å². The summed E-state index contributed by atoms with van der Waals surface area (Å²) in [6.45, 7) is 5.52. The van der Waals surface area contributed by atoms with Crippen LogP contribution in [0.3, 0.4) is 0 Å². The third-order valence-corrected chi connectivity index (χ3v) is 6.18. The van der Waals surface area contributed by atoms with Gasteiger partial charge < -0.3 is 21.7 Å². The summed E-state index contributed by atoms with van der Waals surface area (Å²) in [5, 5.41) is 8.49. The Kier molecular flexibility index (Phi) is 23.3. The lowest BCUT2D eigenvalue weighted by Gasteiger charge is -2.18. The lowest BCUT2D eigenvalue weighted by molar-refractivity contribution is -0.129. The van der Waals surface area contributed by atoms with Gasteiger partial charge in [0.2, 0.25) is 17.7 Å². The minimum atomic E-state index is -0.723. The Bertz CT molecular complexity index is 514. The molecule has 3 amide bonds. The summed E-state index contributed by atoms with van der Waals surface area (Å²) in [6, 6.07) is -0.723. The Labute approximate surface area is 209 Å². The molecule has 7 heteroatoms. The van der Waals surface area contributed by atoms with E-state index < -0.39 is 6.04 Å². The maximum absolute atomic E-state index is 12.5. The lowest BCUT2D eigenvalue weighted by Crippen LogP contribution is -2.49. The molecular weight excluding hydrogens is 428 g/mol. The number of carbonyl (C=O) groups excluding carboxylic acids is 3. The van der Waals surface area contributed by atoms with E-state index in [0.717, 1.165) is 25.7 Å². The van der Waals surface area contributed by atoms with E-state index in [0.29, 0.717) is 13.1 Å². The van der Waals surface area contributed by atoms with Crippen LogP contribution in [0.25, 0.3) is 0 Å². The van der Waals surface area contributed by atoms with Gasteiger partial charge in [-0.2, -0.15) is 0 Å². The molecule has 0 aliphatic heterocycles. The molecule has 0 rings (SSSR count). The molecule has 0 aromatic rings. The number of hydrogen-bond donors (Lipinski definition) is 4. The molecule has 0 saturated heterocycles. The molecule has 0 heterocycles. The standard InChI is InChI=1S/C27H54N4O3/c1-3-5-7-9-11-13-15-17-21-29-25(32)20-19-24(31-26(33)23-28)27(34)30-22-18-16-14-12-10-8-6-4-2/h24H,3-23,28H2,1-2H3,(H,29,32)(H,30,34)(H,31,33)/t24-/m0/s1. The third-order valence-electron chi connectivity index (χ3n) is 6.18. The van der Waals surface area contributed by atoms with E-state index in [1.165, 1.54) is 77.0 Å². The lowest BCUT2D eigenvalue weighted by atomic mass is 10.1. The quantitative estimate of drug-likeness (QED) is 0.149. The van der Waals surface area contributed by atoms with E-state index in [4.69, 9.17) is 5.73 Å². The summed E-state index contributed by atoms with van der Waals surface area (Å²) in [5.74, 6) is -0.696. The van der Waals surface area contributed by atoms with Crippen molar-refractivity contribution >= 4 is 17.7 Å². The molecule has 0 aromatic carbocycles. The van der Waals surface area contributed by atoms with E-state index in [-0.39, 0.29) is 37.1 Å². The minimum absolute atomic E-state index is 0.0779. The summed E-state index contributed by atoms with van der Waals surface area (Å²) < 4.78 is 0. The second-order valence-corrected chi connectivity index (χ2v) is 9.45. The molecule has 200 valence electrons. The van der Waals surface area contributed by atoms with E-state index in [2.05, 4.69) is 29.8 Å². The van der Waals surface area contributed by atoms with Crippen molar-refractivity contribution in [1.82, 2.24) is 16.0 Å². The number of rotatable bonds is 24. The molecule has 0 fully saturated rings. The third kappa shape index (κ3) is 20.9. The van der Waals surface area contributed by atoms with Gasteiger partial charge >= 0.3 is 0 Å². The Morgan fingerprint density at radius 2 is 1.06 bits per heavy atom. The number of nitrogens with one attached hydrogen (secondary N) is 3. The zero-order chi connectivity index (χ0) is 25.3. The molecule has 0 unspecified atom stereocenters. The summed E-state index contributed by atoms with van der Waals surface area (Å²) in [7, 11) is 0. The van der Waals surface area contributed by atoms with Crippen LogP contribution in [0.5, 0.6) is 0 Å². The second-order valence-electron chi connectivity index (χ2n) is 9.45. The van der Waals surface area contributed by atoms with Crippen LogP contribution < -0.4 is 21.7 Å². The summed E-state index contributed by atoms with van der Waals surface area (Å²) in [5.41, 5.74) is 5.39. The first-order chi connectivity index (χ1) is 16.5. The predicted molar refractivity (Wildman–Crippen MR) is 141 cm³/mol. The first-order valence-electron chi connectivity index (χ1n) is 14.1. The first-order valence-corrected chi connectivity index (χ1v) is 14.1. The van der Waals surface area contributed by atoms with Crippen molar-refractivity contribution in [2.75, 3.05) is 19.6 Å². The van der Waals surface area contributed by atoms with Crippen LogP contribution in [0, 0.1) is 0 Å². The molecule has 5 N–H and O–H groups in total. The van der Waals surface area contributed by atoms with Gasteiger partial charge in [0.25, 0.3) is 0 Å². The summed E-state index contributed by atoms with van der Waals surface area (Å²) in [4.78, 5) is 36.5. The zero-order valence-corrected chi connectivity index (χ0v) is 22.2. The van der Waals surface area contributed by atoms with Crippen LogP contribution >= 0.6 is 0 Å². The molecule has 0 bridgehead atoms. The van der Waals surface area contributed by atoms with E-state index in [1.54, 1.807) is 0 Å². The van der Waals surface area contributed by atoms with Crippen molar-refractivity contribution in [1.29, 1.82) is 0 Å². The van der Waals surface area contributed by atoms with Crippen molar-refractivity contribution in [3.8, 4) is 0 Å². The Morgan fingerprint density at radius 3 is 1.53 bits per heavy atom. The number of amides is 3. The van der Waals surface area contributed by atoms with Gasteiger partial charge in [-0.25, -0.2) is 0 Å². The molecule has 0 aliphatic carbocycles. The first kappa shape index (κ1) is 32.4. The van der Waals surface area contributed by atoms with Crippen LogP contribution in [0.15, 0.2) is 0 Å². The zero-order valence-electron chi connectivity index (χ0n) is 22.2. The molecule has 0 spiro atoms. The molecular formula is C27H54N4O3. The molecule has 0 radical (unpaired) electrons. The van der Waals surface area contributed by atoms with Crippen LogP contribution in [-0.4, -0.2) is 43.4 Å². The monoisotopic (exact) mass is 482 g/mol. The van der Waals surface area contributed by atoms with E-state index in [9.17, 15) is 14.4 Å². The van der Waals surface area contributed by atoms with Gasteiger partial charge in [0, 0.05) is 19.5 Å². The Hall–Kier alpha value is -1.63. The summed E-state index contributed by atoms with van der Waals surface area (Å²) >= 11 is 0. The van der Waals surface area contributed by atoms with Crippen LogP contribution in [-0.2, 0) is 14.4 Å². The summed E-state index contributed by atoms with van der Waals surface area (Å²) in [6.07, 6.45) is 19.9. The van der Waals surface area contributed by atoms with Gasteiger partial charge in [0.15, 0.2) is 0 Å².